The first-order valence-electron chi connectivity index (χ1n) is 4.71. The van der Waals surface area contributed by atoms with E-state index in [0.717, 1.165) is 11.8 Å². The number of carboxylic acid groups (broad SMARTS) is 1. The molecular formula is C10H10ClNO4S. The third kappa shape index (κ3) is 3.90. The van der Waals surface area contributed by atoms with Gasteiger partial charge in [-0.1, -0.05) is 18.5 Å². The Morgan fingerprint density at radius 3 is 2.82 bits per heavy atom. The van der Waals surface area contributed by atoms with Crippen molar-refractivity contribution in [3.63, 3.8) is 0 Å². The van der Waals surface area contributed by atoms with Crippen LogP contribution in [0.15, 0.2) is 23.1 Å². The van der Waals surface area contributed by atoms with E-state index in [1.807, 2.05) is 0 Å². The minimum atomic E-state index is -0.929. The monoisotopic (exact) mass is 275 g/mol. The minimum absolute atomic E-state index is 0.0583. The second kappa shape index (κ2) is 5.88. The zero-order chi connectivity index (χ0) is 13.0. The average Bonchev–Trinajstić information content (AvgIpc) is 2.25. The predicted molar refractivity (Wildman–Crippen MR) is 65.6 cm³/mol. The van der Waals surface area contributed by atoms with E-state index in [1.165, 1.54) is 18.2 Å². The number of thioether (sulfide) groups is 1. The highest BCUT2D eigenvalue weighted by Crippen LogP contribution is 2.32. The van der Waals surface area contributed by atoms with Crippen molar-refractivity contribution in [3.8, 4) is 0 Å². The van der Waals surface area contributed by atoms with Crippen molar-refractivity contribution in [2.45, 2.75) is 11.8 Å². The minimum Gasteiger partial charge on any atom is -0.481 e. The number of nitrogens with zero attached hydrogens (tertiary/aromatic N) is 1. The molecule has 0 bridgehead atoms. The Morgan fingerprint density at radius 2 is 2.29 bits per heavy atom. The summed E-state index contributed by atoms with van der Waals surface area (Å²) in [6, 6.07) is 4.22. The standard InChI is InChI=1S/C10H10ClNO4S/c1-6(10(13)14)5-17-9-4-7(11)2-3-8(9)12(15)16/h2-4,6H,5H2,1H3,(H,13,14). The molecule has 0 fully saturated rings. The molecule has 5 nitrogen and oxygen atoms in total. The molecule has 1 unspecified atom stereocenters. The van der Waals surface area contributed by atoms with Gasteiger partial charge < -0.3 is 5.11 Å². The van der Waals surface area contributed by atoms with Crippen LogP contribution in [0.1, 0.15) is 6.92 Å². The van der Waals surface area contributed by atoms with Gasteiger partial charge in [0.2, 0.25) is 0 Å². The number of benzene rings is 1. The Balaban J connectivity index is 2.85. The summed E-state index contributed by atoms with van der Waals surface area (Å²) in [7, 11) is 0. The van der Waals surface area contributed by atoms with E-state index in [-0.39, 0.29) is 11.4 Å². The smallest absolute Gasteiger partial charge is 0.307 e. The summed E-state index contributed by atoms with van der Waals surface area (Å²) >= 11 is 6.87. The molecule has 0 spiro atoms. The van der Waals surface area contributed by atoms with Crippen molar-refractivity contribution in [1.82, 2.24) is 0 Å². The first-order chi connectivity index (χ1) is 7.91. The topological polar surface area (TPSA) is 80.4 Å². The van der Waals surface area contributed by atoms with E-state index in [0.29, 0.717) is 9.92 Å². The molecule has 1 aromatic carbocycles. The van der Waals surface area contributed by atoms with Crippen LogP contribution in [0, 0.1) is 16.0 Å². The number of nitro groups is 1. The van der Waals surface area contributed by atoms with Gasteiger partial charge >= 0.3 is 5.97 Å². The van der Waals surface area contributed by atoms with Gasteiger partial charge in [0, 0.05) is 16.8 Å². The molecule has 7 heteroatoms. The van der Waals surface area contributed by atoms with Crippen LogP contribution in [0.4, 0.5) is 5.69 Å². The van der Waals surface area contributed by atoms with E-state index in [9.17, 15) is 14.9 Å². The van der Waals surface area contributed by atoms with Crippen molar-refractivity contribution in [3.05, 3.63) is 33.3 Å². The van der Waals surface area contributed by atoms with Crippen LogP contribution in [0.5, 0.6) is 0 Å². The van der Waals surface area contributed by atoms with Crippen molar-refractivity contribution in [1.29, 1.82) is 0 Å². The van der Waals surface area contributed by atoms with Crippen LogP contribution >= 0.6 is 23.4 Å². The van der Waals surface area contributed by atoms with Crippen molar-refractivity contribution in [2.24, 2.45) is 5.92 Å². The van der Waals surface area contributed by atoms with Crippen LogP contribution in [0.25, 0.3) is 0 Å². The van der Waals surface area contributed by atoms with Gasteiger partial charge in [-0.25, -0.2) is 0 Å². The molecule has 1 aromatic rings. The van der Waals surface area contributed by atoms with Gasteiger partial charge in [0.15, 0.2) is 0 Å². The van der Waals surface area contributed by atoms with Crippen molar-refractivity contribution < 1.29 is 14.8 Å². The van der Waals surface area contributed by atoms with Gasteiger partial charge in [-0.15, -0.1) is 11.8 Å². The number of hydrogen-bond donors (Lipinski definition) is 1. The lowest BCUT2D eigenvalue weighted by Gasteiger charge is -2.06. The van der Waals surface area contributed by atoms with Gasteiger partial charge in [0.1, 0.15) is 0 Å². The molecule has 0 saturated carbocycles. The Morgan fingerprint density at radius 1 is 1.65 bits per heavy atom. The van der Waals surface area contributed by atoms with Crippen molar-refractivity contribution >= 4 is 35.0 Å². The van der Waals surface area contributed by atoms with Gasteiger partial charge in [0.05, 0.1) is 15.7 Å². The maximum atomic E-state index is 10.7. The lowest BCUT2D eigenvalue weighted by molar-refractivity contribution is -0.387. The Kier molecular flexibility index (Phi) is 4.77. The summed E-state index contributed by atoms with van der Waals surface area (Å²) < 4.78 is 0. The lowest BCUT2D eigenvalue weighted by Crippen LogP contribution is -2.11. The van der Waals surface area contributed by atoms with E-state index in [1.54, 1.807) is 6.92 Å². The molecule has 92 valence electrons. The summed E-state index contributed by atoms with van der Waals surface area (Å²) in [6.45, 7) is 1.55. The quantitative estimate of drug-likeness (QED) is 0.507. The molecule has 0 aromatic heterocycles. The maximum absolute atomic E-state index is 10.7. The van der Waals surface area contributed by atoms with Crippen LogP contribution in [-0.2, 0) is 4.79 Å². The van der Waals surface area contributed by atoms with E-state index in [2.05, 4.69) is 0 Å². The SMILES string of the molecule is CC(CSc1cc(Cl)ccc1[N+](=O)[O-])C(=O)O. The first-order valence-corrected chi connectivity index (χ1v) is 6.07. The summed E-state index contributed by atoms with van der Waals surface area (Å²) in [6.07, 6.45) is 0. The van der Waals surface area contributed by atoms with Gasteiger partial charge in [-0.05, 0) is 12.1 Å². The molecular weight excluding hydrogens is 266 g/mol. The molecule has 0 amide bonds. The molecule has 0 aliphatic heterocycles. The highest BCUT2D eigenvalue weighted by atomic mass is 35.5. The normalized spacial score (nSPS) is 12.1. The summed E-state index contributed by atoms with van der Waals surface area (Å²) in [5.41, 5.74) is -0.0583. The molecule has 0 aliphatic carbocycles. The maximum Gasteiger partial charge on any atom is 0.307 e. The zero-order valence-electron chi connectivity index (χ0n) is 8.92. The fraction of sp³-hybridized carbons (Fsp3) is 0.300. The van der Waals surface area contributed by atoms with Crippen LogP contribution in [-0.4, -0.2) is 21.8 Å². The molecule has 1 atom stereocenters. The largest absolute Gasteiger partial charge is 0.481 e. The first kappa shape index (κ1) is 13.8. The Labute approximate surface area is 107 Å². The lowest BCUT2D eigenvalue weighted by atomic mass is 10.2. The molecule has 1 N–H and O–H groups in total. The van der Waals surface area contributed by atoms with Crippen LogP contribution in [0.2, 0.25) is 5.02 Å². The molecule has 0 radical (unpaired) electrons. The third-order valence-electron chi connectivity index (χ3n) is 2.03. The second-order valence-corrected chi connectivity index (χ2v) is 4.92. The molecule has 0 saturated heterocycles. The number of aliphatic carboxylic acids is 1. The van der Waals surface area contributed by atoms with Crippen LogP contribution in [0.3, 0.4) is 0 Å². The third-order valence-corrected chi connectivity index (χ3v) is 3.57. The van der Waals surface area contributed by atoms with Gasteiger partial charge in [-0.2, -0.15) is 0 Å². The Hall–Kier alpha value is -1.27. The van der Waals surface area contributed by atoms with Crippen LogP contribution < -0.4 is 0 Å². The Bertz CT molecular complexity index is 452. The number of rotatable bonds is 5. The zero-order valence-corrected chi connectivity index (χ0v) is 10.5. The molecule has 17 heavy (non-hydrogen) atoms. The number of hydrogen-bond acceptors (Lipinski definition) is 4. The van der Waals surface area contributed by atoms with E-state index >= 15 is 0 Å². The van der Waals surface area contributed by atoms with E-state index < -0.39 is 16.8 Å². The summed E-state index contributed by atoms with van der Waals surface area (Å²) in [5, 5.41) is 19.9. The van der Waals surface area contributed by atoms with E-state index in [4.69, 9.17) is 16.7 Å². The average molecular weight is 276 g/mol. The fourth-order valence-electron chi connectivity index (χ4n) is 1.04. The van der Waals surface area contributed by atoms with Gasteiger partial charge in [0.25, 0.3) is 5.69 Å². The second-order valence-electron chi connectivity index (χ2n) is 3.42. The molecule has 0 aliphatic rings. The fourth-order valence-corrected chi connectivity index (χ4v) is 2.35. The summed E-state index contributed by atoms with van der Waals surface area (Å²) in [5.74, 6) is -1.24. The number of carboxylic acids is 1. The highest BCUT2D eigenvalue weighted by Gasteiger charge is 2.17. The van der Waals surface area contributed by atoms with Gasteiger partial charge in [-0.3, -0.25) is 14.9 Å². The molecule has 1 rings (SSSR count). The molecule has 0 heterocycles. The number of nitro benzene ring substituents is 1. The highest BCUT2D eigenvalue weighted by molar-refractivity contribution is 7.99. The number of carbonyl (C=O) groups is 1. The summed E-state index contributed by atoms with van der Waals surface area (Å²) in [4.78, 5) is 21.3. The predicted octanol–water partition coefficient (Wildman–Crippen LogP) is 3.06. The number of halogens is 1. The van der Waals surface area contributed by atoms with Crippen molar-refractivity contribution in [2.75, 3.05) is 5.75 Å².